The Bertz CT molecular complexity index is 305. The van der Waals surface area contributed by atoms with Gasteiger partial charge in [0.05, 0.1) is 0 Å². The van der Waals surface area contributed by atoms with Crippen molar-refractivity contribution in [1.82, 2.24) is 3.11 Å². The Balaban J connectivity index is 2.23. The third-order valence-electron chi connectivity index (χ3n) is 3.44. The minimum Gasteiger partial charge on any atom is -0.330 e. The number of benzene rings is 1. The number of halogens is 1. The maximum absolute atomic E-state index is 5.99. The van der Waals surface area contributed by atoms with E-state index in [0.29, 0.717) is 0 Å². The topological polar surface area (TPSA) is 29.3 Å². The van der Waals surface area contributed by atoms with Gasteiger partial charge in [-0.15, -0.1) is 0 Å². The van der Waals surface area contributed by atoms with Gasteiger partial charge in [0.15, 0.2) is 0 Å². The lowest BCUT2D eigenvalue weighted by Gasteiger charge is -2.39. The summed E-state index contributed by atoms with van der Waals surface area (Å²) >= 11 is 2.40. The highest BCUT2D eigenvalue weighted by atomic mass is 127. The number of piperidine rings is 1. The maximum Gasteiger partial charge on any atom is 0.0201 e. The Kier molecular flexibility index (Phi) is 3.64. The smallest absolute Gasteiger partial charge is 0.0201 e. The first-order valence-electron chi connectivity index (χ1n) is 5.43. The van der Waals surface area contributed by atoms with Crippen LogP contribution in [-0.2, 0) is 5.41 Å². The fourth-order valence-electron chi connectivity index (χ4n) is 2.31. The highest BCUT2D eigenvalue weighted by molar-refractivity contribution is 14.1. The molecule has 0 amide bonds. The van der Waals surface area contributed by atoms with Gasteiger partial charge in [-0.1, -0.05) is 30.3 Å². The van der Waals surface area contributed by atoms with E-state index in [1.165, 1.54) is 18.4 Å². The second-order valence-electron chi connectivity index (χ2n) is 4.26. The summed E-state index contributed by atoms with van der Waals surface area (Å²) in [4.78, 5) is 0. The lowest BCUT2D eigenvalue weighted by molar-refractivity contribution is 0.264. The first kappa shape index (κ1) is 11.4. The van der Waals surface area contributed by atoms with E-state index in [1.54, 1.807) is 0 Å². The Morgan fingerprint density at radius 1 is 1.20 bits per heavy atom. The molecule has 3 heteroatoms. The summed E-state index contributed by atoms with van der Waals surface area (Å²) in [5, 5.41) is 0. The number of rotatable bonds is 2. The summed E-state index contributed by atoms with van der Waals surface area (Å²) in [6.07, 6.45) is 2.35. The second-order valence-corrected chi connectivity index (χ2v) is 5.62. The van der Waals surface area contributed by atoms with E-state index in [9.17, 15) is 0 Å². The molecule has 0 radical (unpaired) electrons. The normalized spacial score (nSPS) is 21.5. The van der Waals surface area contributed by atoms with E-state index in [1.807, 2.05) is 0 Å². The van der Waals surface area contributed by atoms with Crippen LogP contribution in [0.2, 0.25) is 0 Å². The number of nitrogens with zero attached hydrogens (tertiary/aromatic N) is 1. The van der Waals surface area contributed by atoms with Gasteiger partial charge in [0.1, 0.15) is 0 Å². The molecule has 0 saturated carbocycles. The van der Waals surface area contributed by atoms with Crippen molar-refractivity contribution in [3.63, 3.8) is 0 Å². The van der Waals surface area contributed by atoms with Crippen LogP contribution in [0.3, 0.4) is 0 Å². The van der Waals surface area contributed by atoms with Gasteiger partial charge in [0.25, 0.3) is 0 Å². The lowest BCUT2D eigenvalue weighted by atomic mass is 9.73. The number of hydrogen-bond donors (Lipinski definition) is 1. The quantitative estimate of drug-likeness (QED) is 0.670. The molecular weight excluding hydrogens is 299 g/mol. The molecule has 1 aromatic rings. The van der Waals surface area contributed by atoms with Crippen LogP contribution >= 0.6 is 22.9 Å². The van der Waals surface area contributed by atoms with Gasteiger partial charge < -0.3 is 5.73 Å². The van der Waals surface area contributed by atoms with E-state index < -0.39 is 0 Å². The van der Waals surface area contributed by atoms with Gasteiger partial charge >= 0.3 is 0 Å². The van der Waals surface area contributed by atoms with Gasteiger partial charge in [-0.25, -0.2) is 3.11 Å². The van der Waals surface area contributed by atoms with Crippen molar-refractivity contribution in [2.45, 2.75) is 18.3 Å². The van der Waals surface area contributed by atoms with Gasteiger partial charge in [-0.3, -0.25) is 0 Å². The maximum atomic E-state index is 5.99. The molecule has 0 atom stereocenters. The predicted octanol–water partition coefficient (Wildman–Crippen LogP) is 2.33. The molecule has 0 aliphatic carbocycles. The van der Waals surface area contributed by atoms with Crippen LogP contribution in [0.4, 0.5) is 0 Å². The average Bonchev–Trinajstić information content (AvgIpc) is 2.32. The van der Waals surface area contributed by atoms with Crippen LogP contribution in [0.25, 0.3) is 0 Å². The Morgan fingerprint density at radius 3 is 2.33 bits per heavy atom. The van der Waals surface area contributed by atoms with Crippen molar-refractivity contribution in [3.05, 3.63) is 35.9 Å². The molecule has 1 heterocycles. The molecule has 15 heavy (non-hydrogen) atoms. The van der Waals surface area contributed by atoms with Crippen molar-refractivity contribution < 1.29 is 0 Å². The molecule has 0 aromatic heterocycles. The van der Waals surface area contributed by atoms with Crippen molar-refractivity contribution in [2.75, 3.05) is 19.6 Å². The minimum atomic E-state index is 0.225. The van der Waals surface area contributed by atoms with Gasteiger partial charge in [-0.05, 0) is 18.4 Å². The summed E-state index contributed by atoms with van der Waals surface area (Å²) in [5.41, 5.74) is 7.63. The largest absolute Gasteiger partial charge is 0.330 e. The van der Waals surface area contributed by atoms with Crippen LogP contribution in [0.15, 0.2) is 30.3 Å². The minimum absolute atomic E-state index is 0.225. The lowest BCUT2D eigenvalue weighted by Crippen LogP contribution is -2.43. The first-order chi connectivity index (χ1) is 7.27. The molecule has 1 aliphatic heterocycles. The molecule has 2 N–H and O–H groups in total. The van der Waals surface area contributed by atoms with Crippen molar-refractivity contribution in [3.8, 4) is 0 Å². The summed E-state index contributed by atoms with van der Waals surface area (Å²) in [7, 11) is 0. The van der Waals surface area contributed by atoms with E-state index in [4.69, 9.17) is 5.73 Å². The van der Waals surface area contributed by atoms with E-state index >= 15 is 0 Å². The number of nitrogens with two attached hydrogens (primary N) is 1. The molecule has 0 bridgehead atoms. The molecule has 1 saturated heterocycles. The van der Waals surface area contributed by atoms with E-state index in [0.717, 1.165) is 19.6 Å². The number of hydrogen-bond acceptors (Lipinski definition) is 2. The Morgan fingerprint density at radius 2 is 1.80 bits per heavy atom. The predicted molar refractivity (Wildman–Crippen MR) is 72.0 cm³/mol. The fraction of sp³-hybridized carbons (Fsp3) is 0.500. The van der Waals surface area contributed by atoms with Crippen molar-refractivity contribution in [2.24, 2.45) is 5.73 Å². The van der Waals surface area contributed by atoms with Gasteiger partial charge in [0, 0.05) is 47.9 Å². The third kappa shape index (κ3) is 2.34. The summed E-state index contributed by atoms with van der Waals surface area (Å²) in [6, 6.07) is 10.7. The Hall–Kier alpha value is -0.130. The van der Waals surface area contributed by atoms with Crippen molar-refractivity contribution in [1.29, 1.82) is 0 Å². The monoisotopic (exact) mass is 316 g/mol. The van der Waals surface area contributed by atoms with Crippen LogP contribution < -0.4 is 5.73 Å². The molecule has 1 aliphatic rings. The van der Waals surface area contributed by atoms with Crippen LogP contribution in [0, 0.1) is 0 Å². The standard InChI is InChI=1S/C12H17IN2/c13-15-8-6-12(10-14,7-9-15)11-4-2-1-3-5-11/h1-5H,6-10,14H2. The van der Waals surface area contributed by atoms with E-state index in [-0.39, 0.29) is 5.41 Å². The Labute approximate surface area is 105 Å². The average molecular weight is 316 g/mol. The highest BCUT2D eigenvalue weighted by Gasteiger charge is 2.34. The molecule has 82 valence electrons. The molecule has 0 spiro atoms. The van der Waals surface area contributed by atoms with Crippen LogP contribution in [0.1, 0.15) is 18.4 Å². The molecule has 2 nitrogen and oxygen atoms in total. The fourth-order valence-corrected chi connectivity index (χ4v) is 2.79. The van der Waals surface area contributed by atoms with Gasteiger partial charge in [0.2, 0.25) is 0 Å². The molecule has 1 fully saturated rings. The second kappa shape index (κ2) is 4.80. The summed E-state index contributed by atoms with van der Waals surface area (Å²) in [5.74, 6) is 0. The van der Waals surface area contributed by atoms with Gasteiger partial charge in [-0.2, -0.15) is 0 Å². The molecular formula is C12H17IN2. The SMILES string of the molecule is NCC1(c2ccccc2)CCN(I)CC1. The summed E-state index contributed by atoms with van der Waals surface area (Å²) in [6.45, 7) is 3.06. The van der Waals surface area contributed by atoms with Crippen molar-refractivity contribution >= 4 is 22.9 Å². The zero-order valence-corrected chi connectivity index (χ0v) is 11.0. The van der Waals surface area contributed by atoms with Crippen LogP contribution in [0.5, 0.6) is 0 Å². The zero-order valence-electron chi connectivity index (χ0n) is 8.82. The zero-order chi connectivity index (χ0) is 10.7. The first-order valence-corrected chi connectivity index (χ1v) is 6.40. The highest BCUT2D eigenvalue weighted by Crippen LogP contribution is 2.35. The van der Waals surface area contributed by atoms with E-state index in [2.05, 4.69) is 56.3 Å². The molecule has 0 unspecified atom stereocenters. The summed E-state index contributed by atoms with van der Waals surface area (Å²) < 4.78 is 2.36. The third-order valence-corrected chi connectivity index (χ3v) is 4.41. The molecule has 1 aromatic carbocycles. The van der Waals surface area contributed by atoms with Crippen LogP contribution in [-0.4, -0.2) is 22.7 Å². The molecule has 2 rings (SSSR count).